The SMILES string of the molecule is CC[C@@H](NS(=O)(=O)c1ccc(OC)c(C)c1C)c1ccc(OC)c(C)c1. The summed E-state index contributed by atoms with van der Waals surface area (Å²) in [5.74, 6) is 1.47. The van der Waals surface area contributed by atoms with Crippen molar-refractivity contribution in [3.05, 3.63) is 52.6 Å². The number of nitrogens with one attached hydrogen (secondary N) is 1. The van der Waals surface area contributed by atoms with Gasteiger partial charge in [-0.15, -0.1) is 0 Å². The Hall–Kier alpha value is -2.05. The molecule has 0 spiro atoms. The van der Waals surface area contributed by atoms with Crippen LogP contribution in [-0.2, 0) is 10.0 Å². The zero-order valence-electron chi connectivity index (χ0n) is 16.2. The predicted molar refractivity (Wildman–Crippen MR) is 104 cm³/mol. The molecule has 2 aromatic carbocycles. The van der Waals surface area contributed by atoms with Crippen LogP contribution >= 0.6 is 0 Å². The predicted octanol–water partition coefficient (Wildman–Crippen LogP) is 4.06. The van der Waals surface area contributed by atoms with E-state index >= 15 is 0 Å². The van der Waals surface area contributed by atoms with Gasteiger partial charge in [-0.3, -0.25) is 0 Å². The largest absolute Gasteiger partial charge is 0.496 e. The molecule has 5 nitrogen and oxygen atoms in total. The van der Waals surface area contributed by atoms with Crippen molar-refractivity contribution in [3.63, 3.8) is 0 Å². The fourth-order valence-corrected chi connectivity index (χ4v) is 4.65. The summed E-state index contributed by atoms with van der Waals surface area (Å²) >= 11 is 0. The molecule has 0 aliphatic carbocycles. The minimum absolute atomic E-state index is 0.277. The van der Waals surface area contributed by atoms with Crippen molar-refractivity contribution in [2.24, 2.45) is 0 Å². The van der Waals surface area contributed by atoms with Gasteiger partial charge in [0, 0.05) is 6.04 Å². The average Bonchev–Trinajstić information content (AvgIpc) is 2.61. The lowest BCUT2D eigenvalue weighted by Gasteiger charge is -2.20. The Bertz CT molecular complexity index is 891. The van der Waals surface area contributed by atoms with Gasteiger partial charge < -0.3 is 9.47 Å². The normalized spacial score (nSPS) is 12.7. The number of benzene rings is 2. The number of rotatable bonds is 7. The molecule has 0 bridgehead atoms. The molecule has 0 saturated carbocycles. The Balaban J connectivity index is 2.38. The fourth-order valence-electron chi connectivity index (χ4n) is 3.04. The van der Waals surface area contributed by atoms with E-state index in [0.29, 0.717) is 17.7 Å². The van der Waals surface area contributed by atoms with Crippen molar-refractivity contribution in [1.82, 2.24) is 4.72 Å². The van der Waals surface area contributed by atoms with Crippen LogP contribution in [0.1, 0.15) is 41.6 Å². The van der Waals surface area contributed by atoms with E-state index in [1.54, 1.807) is 33.3 Å². The number of hydrogen-bond donors (Lipinski definition) is 1. The second-order valence-corrected chi connectivity index (χ2v) is 8.01. The average molecular weight is 378 g/mol. The van der Waals surface area contributed by atoms with Crippen LogP contribution in [0, 0.1) is 20.8 Å². The van der Waals surface area contributed by atoms with E-state index in [-0.39, 0.29) is 10.9 Å². The molecule has 2 rings (SSSR count). The van der Waals surface area contributed by atoms with Crippen LogP contribution in [0.3, 0.4) is 0 Å². The highest BCUT2D eigenvalue weighted by atomic mass is 32.2. The number of methoxy groups -OCH3 is 2. The Morgan fingerprint density at radius 3 is 2.12 bits per heavy atom. The first-order valence-electron chi connectivity index (χ1n) is 8.56. The molecule has 0 saturated heterocycles. The van der Waals surface area contributed by atoms with E-state index < -0.39 is 10.0 Å². The first-order valence-corrected chi connectivity index (χ1v) is 10.0. The van der Waals surface area contributed by atoms with Gasteiger partial charge in [0.1, 0.15) is 11.5 Å². The van der Waals surface area contributed by atoms with Gasteiger partial charge in [0.2, 0.25) is 10.0 Å². The molecule has 6 heteroatoms. The minimum atomic E-state index is -3.66. The summed E-state index contributed by atoms with van der Waals surface area (Å²) in [6, 6.07) is 8.69. The highest BCUT2D eigenvalue weighted by Crippen LogP contribution is 2.29. The fraction of sp³-hybridized carbons (Fsp3) is 0.400. The van der Waals surface area contributed by atoms with Crippen LogP contribution in [0.15, 0.2) is 35.2 Å². The maximum absolute atomic E-state index is 13.0. The molecule has 26 heavy (non-hydrogen) atoms. The minimum Gasteiger partial charge on any atom is -0.496 e. The highest BCUT2D eigenvalue weighted by Gasteiger charge is 2.24. The summed E-state index contributed by atoms with van der Waals surface area (Å²) in [5.41, 5.74) is 3.40. The van der Waals surface area contributed by atoms with Crippen molar-refractivity contribution in [1.29, 1.82) is 0 Å². The van der Waals surface area contributed by atoms with Crippen LogP contribution in [-0.4, -0.2) is 22.6 Å². The second kappa shape index (κ2) is 8.10. The van der Waals surface area contributed by atoms with Gasteiger partial charge in [-0.2, -0.15) is 0 Å². The molecule has 1 N–H and O–H groups in total. The molecule has 0 unspecified atom stereocenters. The van der Waals surface area contributed by atoms with E-state index in [9.17, 15) is 8.42 Å². The van der Waals surface area contributed by atoms with E-state index in [4.69, 9.17) is 9.47 Å². The zero-order chi connectivity index (χ0) is 19.5. The van der Waals surface area contributed by atoms with Crippen molar-refractivity contribution in [2.75, 3.05) is 14.2 Å². The molecule has 0 heterocycles. The second-order valence-electron chi connectivity index (χ2n) is 6.33. The van der Waals surface area contributed by atoms with Crippen LogP contribution in [0.2, 0.25) is 0 Å². The standard InChI is InChI=1S/C20H27NO4S/c1-7-17(16-8-9-18(24-5)13(2)12-16)21-26(22,23)20-11-10-19(25-6)14(3)15(20)4/h8-12,17,21H,7H2,1-6H3/t17-/m1/s1. The summed E-state index contributed by atoms with van der Waals surface area (Å²) < 4.78 is 39.4. The molecule has 0 aliphatic heterocycles. The molecular formula is C20H27NO4S. The van der Waals surface area contributed by atoms with E-state index in [0.717, 1.165) is 22.4 Å². The molecule has 0 fully saturated rings. The van der Waals surface area contributed by atoms with Gasteiger partial charge in [0.05, 0.1) is 19.1 Å². The van der Waals surface area contributed by atoms with Gasteiger partial charge in [0.15, 0.2) is 0 Å². The van der Waals surface area contributed by atoms with Gasteiger partial charge in [-0.25, -0.2) is 13.1 Å². The number of aryl methyl sites for hydroxylation is 1. The summed E-state index contributed by atoms with van der Waals surface area (Å²) in [6.07, 6.45) is 0.638. The van der Waals surface area contributed by atoms with Crippen LogP contribution in [0.25, 0.3) is 0 Å². The summed E-state index contributed by atoms with van der Waals surface area (Å²) in [4.78, 5) is 0.277. The molecule has 1 atom stereocenters. The third kappa shape index (κ3) is 4.02. The Morgan fingerprint density at radius 1 is 0.962 bits per heavy atom. The molecular weight excluding hydrogens is 350 g/mol. The van der Waals surface area contributed by atoms with Crippen LogP contribution < -0.4 is 14.2 Å². The Morgan fingerprint density at radius 2 is 1.58 bits per heavy atom. The molecule has 0 aromatic heterocycles. The molecule has 142 valence electrons. The van der Waals surface area contributed by atoms with Gasteiger partial charge in [-0.05, 0) is 67.6 Å². The van der Waals surface area contributed by atoms with Gasteiger partial charge in [-0.1, -0.05) is 19.1 Å². The molecule has 0 amide bonds. The molecule has 0 radical (unpaired) electrons. The maximum Gasteiger partial charge on any atom is 0.241 e. The topological polar surface area (TPSA) is 64.6 Å². The summed E-state index contributed by atoms with van der Waals surface area (Å²) in [6.45, 7) is 7.56. The van der Waals surface area contributed by atoms with Crippen molar-refractivity contribution < 1.29 is 17.9 Å². The molecule has 2 aromatic rings. The zero-order valence-corrected chi connectivity index (χ0v) is 17.0. The van der Waals surface area contributed by atoms with E-state index in [1.807, 2.05) is 39.0 Å². The monoisotopic (exact) mass is 377 g/mol. The van der Waals surface area contributed by atoms with Crippen molar-refractivity contribution >= 4 is 10.0 Å². The lowest BCUT2D eigenvalue weighted by atomic mass is 10.0. The lowest BCUT2D eigenvalue weighted by molar-refractivity contribution is 0.410. The first-order chi connectivity index (χ1) is 12.2. The third-order valence-electron chi connectivity index (χ3n) is 4.72. The van der Waals surface area contributed by atoms with Gasteiger partial charge in [0.25, 0.3) is 0 Å². The first kappa shape index (κ1) is 20.3. The number of sulfonamides is 1. The summed E-state index contributed by atoms with van der Waals surface area (Å²) in [5, 5.41) is 0. The number of ether oxygens (including phenoxy) is 2. The van der Waals surface area contributed by atoms with Crippen LogP contribution in [0.5, 0.6) is 11.5 Å². The van der Waals surface area contributed by atoms with Crippen molar-refractivity contribution in [3.8, 4) is 11.5 Å². The third-order valence-corrected chi connectivity index (χ3v) is 6.34. The van der Waals surface area contributed by atoms with Gasteiger partial charge >= 0.3 is 0 Å². The van der Waals surface area contributed by atoms with E-state index in [1.165, 1.54) is 0 Å². The van der Waals surface area contributed by atoms with Crippen LogP contribution in [0.4, 0.5) is 0 Å². The van der Waals surface area contributed by atoms with E-state index in [2.05, 4.69) is 4.72 Å². The molecule has 0 aliphatic rings. The Kier molecular flexibility index (Phi) is 6.31. The maximum atomic E-state index is 13.0. The lowest BCUT2D eigenvalue weighted by Crippen LogP contribution is -2.29. The number of hydrogen-bond acceptors (Lipinski definition) is 4. The Labute approximate surface area is 156 Å². The quantitative estimate of drug-likeness (QED) is 0.790. The summed E-state index contributed by atoms with van der Waals surface area (Å²) in [7, 11) is -0.465. The smallest absolute Gasteiger partial charge is 0.241 e. The highest BCUT2D eigenvalue weighted by molar-refractivity contribution is 7.89. The van der Waals surface area contributed by atoms with Crippen molar-refractivity contribution in [2.45, 2.75) is 45.1 Å².